The largest absolute Gasteiger partial charge is 0.481 e. The molecule has 1 aliphatic rings. The number of ether oxygens (including phenoxy) is 1. The lowest BCUT2D eigenvalue weighted by Crippen LogP contribution is -2.03. The predicted octanol–water partition coefficient (Wildman–Crippen LogP) is 2.25. The summed E-state index contributed by atoms with van der Waals surface area (Å²) in [5, 5.41) is 3.31. The Morgan fingerprint density at radius 2 is 2.23 bits per heavy atom. The van der Waals surface area contributed by atoms with Crippen molar-refractivity contribution in [2.24, 2.45) is 0 Å². The van der Waals surface area contributed by atoms with Crippen LogP contribution in [0.25, 0.3) is 11.2 Å². The quantitative estimate of drug-likeness (QED) is 0.750. The zero-order valence-electron chi connectivity index (χ0n) is 12.2. The van der Waals surface area contributed by atoms with Crippen molar-refractivity contribution >= 4 is 17.0 Å². The Labute approximate surface area is 127 Å². The van der Waals surface area contributed by atoms with Crippen molar-refractivity contribution in [2.45, 2.75) is 25.3 Å². The molecule has 2 N–H and O–H groups in total. The lowest BCUT2D eigenvalue weighted by atomic mass is 10.2. The summed E-state index contributed by atoms with van der Waals surface area (Å²) in [5.41, 5.74) is 2.65. The van der Waals surface area contributed by atoms with Crippen LogP contribution in [-0.2, 0) is 6.54 Å². The minimum absolute atomic E-state index is 0.562. The molecule has 7 heteroatoms. The molecule has 112 valence electrons. The third kappa shape index (κ3) is 2.45. The van der Waals surface area contributed by atoms with E-state index in [0.717, 1.165) is 28.4 Å². The maximum absolute atomic E-state index is 5.13. The van der Waals surface area contributed by atoms with E-state index < -0.39 is 0 Å². The number of anilines is 1. The van der Waals surface area contributed by atoms with E-state index in [1.807, 2.05) is 12.1 Å². The summed E-state index contributed by atoms with van der Waals surface area (Å²) < 4.78 is 5.13. The summed E-state index contributed by atoms with van der Waals surface area (Å²) in [6, 6.07) is 3.83. The van der Waals surface area contributed by atoms with E-state index in [0.29, 0.717) is 18.3 Å². The predicted molar refractivity (Wildman–Crippen MR) is 81.8 cm³/mol. The van der Waals surface area contributed by atoms with E-state index in [4.69, 9.17) is 4.74 Å². The summed E-state index contributed by atoms with van der Waals surface area (Å²) in [6.07, 6.45) is 5.68. The highest BCUT2D eigenvalue weighted by molar-refractivity contribution is 5.82. The van der Waals surface area contributed by atoms with E-state index in [-0.39, 0.29) is 0 Å². The summed E-state index contributed by atoms with van der Waals surface area (Å²) >= 11 is 0. The van der Waals surface area contributed by atoms with Gasteiger partial charge < -0.3 is 15.0 Å². The molecule has 3 aromatic heterocycles. The number of methoxy groups -OCH3 is 1. The fourth-order valence-corrected chi connectivity index (χ4v) is 2.38. The van der Waals surface area contributed by atoms with Crippen molar-refractivity contribution in [2.75, 3.05) is 12.4 Å². The van der Waals surface area contributed by atoms with Crippen molar-refractivity contribution in [3.63, 3.8) is 0 Å². The van der Waals surface area contributed by atoms with Gasteiger partial charge in [-0.15, -0.1) is 0 Å². The third-order valence-electron chi connectivity index (χ3n) is 3.73. The molecule has 3 aromatic rings. The highest BCUT2D eigenvalue weighted by Gasteiger charge is 2.27. The molecule has 0 spiro atoms. The Morgan fingerprint density at radius 3 is 3.05 bits per heavy atom. The first-order valence-corrected chi connectivity index (χ1v) is 7.27. The molecular weight excluding hydrogens is 280 g/mol. The topological polar surface area (TPSA) is 88.6 Å². The Kier molecular flexibility index (Phi) is 3.10. The lowest BCUT2D eigenvalue weighted by molar-refractivity contribution is 0.397. The highest BCUT2D eigenvalue weighted by Crippen LogP contribution is 2.39. The summed E-state index contributed by atoms with van der Waals surface area (Å²) in [7, 11) is 1.61. The number of rotatable bonds is 5. The summed E-state index contributed by atoms with van der Waals surface area (Å²) in [5.74, 6) is 2.92. The number of hydrogen-bond donors (Lipinski definition) is 2. The number of H-pyrrole nitrogens is 1. The van der Waals surface area contributed by atoms with Gasteiger partial charge in [0.25, 0.3) is 0 Å². The van der Waals surface area contributed by atoms with Crippen LogP contribution >= 0.6 is 0 Å². The molecule has 0 amide bonds. The van der Waals surface area contributed by atoms with Crippen LogP contribution in [0.3, 0.4) is 0 Å². The first kappa shape index (κ1) is 13.0. The van der Waals surface area contributed by atoms with Crippen LogP contribution in [0.5, 0.6) is 5.88 Å². The minimum Gasteiger partial charge on any atom is -0.481 e. The number of fused-ring (bicyclic) bond motifs is 1. The number of pyridine rings is 1. The van der Waals surface area contributed by atoms with Gasteiger partial charge in [-0.2, -0.15) is 0 Å². The smallest absolute Gasteiger partial charge is 0.213 e. The van der Waals surface area contributed by atoms with Crippen molar-refractivity contribution in [1.82, 2.24) is 24.9 Å². The average Bonchev–Trinajstić information content (AvgIpc) is 3.32. The second-order valence-electron chi connectivity index (χ2n) is 5.38. The second-order valence-corrected chi connectivity index (χ2v) is 5.38. The van der Waals surface area contributed by atoms with Gasteiger partial charge in [0.2, 0.25) is 5.88 Å². The van der Waals surface area contributed by atoms with Gasteiger partial charge in [-0.3, -0.25) is 0 Å². The number of aromatic nitrogens is 5. The SMILES string of the molecule is COc1cc(CNc2ncnc3[nH]c(C4CC4)nc23)ccn1. The first-order chi connectivity index (χ1) is 10.8. The van der Waals surface area contributed by atoms with E-state index in [1.165, 1.54) is 12.8 Å². The first-order valence-electron chi connectivity index (χ1n) is 7.27. The maximum Gasteiger partial charge on any atom is 0.213 e. The van der Waals surface area contributed by atoms with E-state index in [2.05, 4.69) is 30.2 Å². The second kappa shape index (κ2) is 5.25. The van der Waals surface area contributed by atoms with Crippen molar-refractivity contribution < 1.29 is 4.74 Å². The standard InChI is InChI=1S/C15H16N6O/c1-22-11-6-9(4-5-16-11)7-17-14-12-15(19-8-18-14)21-13(20-12)10-2-3-10/h4-6,8,10H,2-3,7H2,1H3,(H2,17,18,19,20,21). The number of imidazole rings is 1. The molecule has 0 bridgehead atoms. The van der Waals surface area contributed by atoms with Crippen LogP contribution in [0.4, 0.5) is 5.82 Å². The summed E-state index contributed by atoms with van der Waals surface area (Å²) in [4.78, 5) is 20.6. The van der Waals surface area contributed by atoms with Crippen LogP contribution < -0.4 is 10.1 Å². The zero-order chi connectivity index (χ0) is 14.9. The van der Waals surface area contributed by atoms with Gasteiger partial charge in [0.15, 0.2) is 17.0 Å². The molecule has 0 atom stereocenters. The fourth-order valence-electron chi connectivity index (χ4n) is 2.38. The number of nitrogens with one attached hydrogen (secondary N) is 2. The number of aromatic amines is 1. The molecule has 0 saturated heterocycles. The van der Waals surface area contributed by atoms with E-state index in [9.17, 15) is 0 Å². The van der Waals surface area contributed by atoms with E-state index >= 15 is 0 Å². The third-order valence-corrected chi connectivity index (χ3v) is 3.73. The van der Waals surface area contributed by atoms with Crippen LogP contribution in [-0.4, -0.2) is 32.0 Å². The normalized spacial score (nSPS) is 14.2. The van der Waals surface area contributed by atoms with Crippen LogP contribution in [0, 0.1) is 0 Å². The Morgan fingerprint density at radius 1 is 1.32 bits per heavy atom. The minimum atomic E-state index is 0.562. The molecule has 3 heterocycles. The Bertz CT molecular complexity index is 811. The molecule has 7 nitrogen and oxygen atoms in total. The van der Waals surface area contributed by atoms with Crippen LogP contribution in [0.2, 0.25) is 0 Å². The zero-order valence-corrected chi connectivity index (χ0v) is 12.2. The lowest BCUT2D eigenvalue weighted by Gasteiger charge is -2.06. The molecule has 1 aliphatic carbocycles. The van der Waals surface area contributed by atoms with Crippen molar-refractivity contribution in [3.8, 4) is 5.88 Å². The van der Waals surface area contributed by atoms with Crippen LogP contribution in [0.15, 0.2) is 24.7 Å². The van der Waals surface area contributed by atoms with Gasteiger partial charge in [0.05, 0.1) is 7.11 Å². The molecule has 1 saturated carbocycles. The molecule has 0 aromatic carbocycles. The van der Waals surface area contributed by atoms with Gasteiger partial charge in [0, 0.05) is 24.7 Å². The monoisotopic (exact) mass is 296 g/mol. The average molecular weight is 296 g/mol. The molecule has 0 radical (unpaired) electrons. The molecular formula is C15H16N6O. The number of hydrogen-bond acceptors (Lipinski definition) is 6. The van der Waals surface area contributed by atoms with Crippen molar-refractivity contribution in [1.29, 1.82) is 0 Å². The summed E-state index contributed by atoms with van der Waals surface area (Å²) in [6.45, 7) is 0.622. The molecule has 1 fully saturated rings. The van der Waals surface area contributed by atoms with E-state index in [1.54, 1.807) is 19.6 Å². The van der Waals surface area contributed by atoms with Gasteiger partial charge in [-0.05, 0) is 24.5 Å². The molecule has 0 aliphatic heterocycles. The van der Waals surface area contributed by atoms with Gasteiger partial charge in [-0.1, -0.05) is 0 Å². The van der Waals surface area contributed by atoms with Crippen molar-refractivity contribution in [3.05, 3.63) is 36.0 Å². The van der Waals surface area contributed by atoms with Gasteiger partial charge in [-0.25, -0.2) is 19.9 Å². The van der Waals surface area contributed by atoms with Gasteiger partial charge in [0.1, 0.15) is 12.2 Å². The highest BCUT2D eigenvalue weighted by atomic mass is 16.5. The maximum atomic E-state index is 5.13. The molecule has 0 unspecified atom stereocenters. The van der Waals surface area contributed by atoms with Gasteiger partial charge >= 0.3 is 0 Å². The Balaban J connectivity index is 1.58. The fraction of sp³-hybridized carbons (Fsp3) is 0.333. The Hall–Kier alpha value is -2.70. The molecule has 22 heavy (non-hydrogen) atoms. The molecule has 4 rings (SSSR count). The number of nitrogens with zero attached hydrogens (tertiary/aromatic N) is 4. The van der Waals surface area contributed by atoms with Crippen LogP contribution in [0.1, 0.15) is 30.1 Å².